The fourth-order valence-corrected chi connectivity index (χ4v) is 3.66. The summed E-state index contributed by atoms with van der Waals surface area (Å²) in [5.41, 5.74) is 2.68. The van der Waals surface area contributed by atoms with Crippen LogP contribution in [0.5, 0.6) is 0 Å². The molecule has 7 heteroatoms. The molecule has 0 fully saturated rings. The Morgan fingerprint density at radius 2 is 1.93 bits per heavy atom. The number of aryl methyl sites for hydroxylation is 2. The van der Waals surface area contributed by atoms with Crippen molar-refractivity contribution < 1.29 is 9.59 Å². The summed E-state index contributed by atoms with van der Waals surface area (Å²) < 4.78 is 2.03. The minimum absolute atomic E-state index is 0.183. The lowest BCUT2D eigenvalue weighted by molar-refractivity contribution is -0.113. The minimum Gasteiger partial charge on any atom is -0.326 e. The molecule has 0 spiro atoms. The van der Waals surface area contributed by atoms with E-state index in [1.807, 2.05) is 42.0 Å². The van der Waals surface area contributed by atoms with E-state index in [0.717, 1.165) is 29.4 Å². The van der Waals surface area contributed by atoms with E-state index in [1.54, 1.807) is 30.5 Å². The predicted octanol–water partition coefficient (Wildman–Crippen LogP) is 4.58. The lowest BCUT2D eigenvalue weighted by Crippen LogP contribution is -2.19. The number of amides is 2. The van der Waals surface area contributed by atoms with Gasteiger partial charge >= 0.3 is 0 Å². The molecule has 2 amide bonds. The van der Waals surface area contributed by atoms with Crippen LogP contribution in [0.4, 0.5) is 11.4 Å². The van der Waals surface area contributed by atoms with Gasteiger partial charge in [0.05, 0.1) is 17.0 Å². The lowest BCUT2D eigenvalue weighted by Gasteiger charge is -2.12. The Morgan fingerprint density at radius 1 is 1.10 bits per heavy atom. The molecular weight excluding hydrogens is 384 g/mol. The van der Waals surface area contributed by atoms with Gasteiger partial charge in [-0.3, -0.25) is 9.59 Å². The molecule has 0 aliphatic heterocycles. The third kappa shape index (κ3) is 5.71. The molecule has 1 aromatic heterocycles. The number of thioether (sulfide) groups is 1. The third-order valence-corrected chi connectivity index (χ3v) is 5.20. The van der Waals surface area contributed by atoms with Crippen LogP contribution in [-0.2, 0) is 11.3 Å². The maximum Gasteiger partial charge on any atom is 0.257 e. The van der Waals surface area contributed by atoms with Gasteiger partial charge in [0.1, 0.15) is 0 Å². The van der Waals surface area contributed by atoms with Gasteiger partial charge in [0.25, 0.3) is 5.91 Å². The molecule has 6 nitrogen and oxygen atoms in total. The van der Waals surface area contributed by atoms with Crippen molar-refractivity contribution >= 4 is 35.0 Å². The second-order valence-corrected chi connectivity index (χ2v) is 7.55. The van der Waals surface area contributed by atoms with Gasteiger partial charge in [-0.05, 0) is 43.2 Å². The molecule has 29 heavy (non-hydrogen) atoms. The van der Waals surface area contributed by atoms with E-state index in [1.165, 1.54) is 11.8 Å². The van der Waals surface area contributed by atoms with Crippen LogP contribution in [0.15, 0.2) is 66.1 Å². The van der Waals surface area contributed by atoms with Crippen molar-refractivity contribution in [2.24, 2.45) is 0 Å². The number of nitrogens with zero attached hydrogens (tertiary/aromatic N) is 2. The fraction of sp³-hybridized carbons (Fsp3) is 0.227. The third-order valence-electron chi connectivity index (χ3n) is 4.20. The molecule has 150 valence electrons. The molecular formula is C22H24N4O2S. The summed E-state index contributed by atoms with van der Waals surface area (Å²) in [5.74, 6) is -0.233. The average molecular weight is 409 g/mol. The number of hydrogen-bond acceptors (Lipinski definition) is 4. The summed E-state index contributed by atoms with van der Waals surface area (Å²) in [5, 5.41) is 6.54. The van der Waals surface area contributed by atoms with E-state index >= 15 is 0 Å². The first-order valence-corrected chi connectivity index (χ1v) is 10.5. The van der Waals surface area contributed by atoms with E-state index in [-0.39, 0.29) is 17.6 Å². The van der Waals surface area contributed by atoms with Crippen molar-refractivity contribution in [3.63, 3.8) is 0 Å². The summed E-state index contributed by atoms with van der Waals surface area (Å²) in [6.45, 7) is 4.93. The van der Waals surface area contributed by atoms with E-state index in [9.17, 15) is 9.59 Å². The Bertz CT molecular complexity index is 1000. The number of rotatable bonds is 8. The number of nitrogens with one attached hydrogen (secondary N) is 2. The number of aromatic nitrogens is 2. The first-order chi connectivity index (χ1) is 14.1. The predicted molar refractivity (Wildman–Crippen MR) is 117 cm³/mol. The highest BCUT2D eigenvalue weighted by Crippen LogP contribution is 2.20. The number of carbonyl (C=O) groups is 2. The second-order valence-electron chi connectivity index (χ2n) is 6.61. The number of benzene rings is 2. The number of imidazole rings is 1. The topological polar surface area (TPSA) is 76.0 Å². The Hall–Kier alpha value is -3.06. The second kappa shape index (κ2) is 9.93. The van der Waals surface area contributed by atoms with Gasteiger partial charge < -0.3 is 15.2 Å². The van der Waals surface area contributed by atoms with Crippen molar-refractivity contribution in [2.45, 2.75) is 32.0 Å². The van der Waals surface area contributed by atoms with Gasteiger partial charge in [-0.2, -0.15) is 0 Å². The monoisotopic (exact) mass is 408 g/mol. The Kier molecular flexibility index (Phi) is 7.08. The van der Waals surface area contributed by atoms with Gasteiger partial charge in [0.2, 0.25) is 5.91 Å². The van der Waals surface area contributed by atoms with Crippen LogP contribution in [-0.4, -0.2) is 27.1 Å². The number of carbonyl (C=O) groups excluding carboxylic acids is 2. The molecule has 0 atom stereocenters. The molecule has 0 aliphatic rings. The van der Waals surface area contributed by atoms with Crippen LogP contribution < -0.4 is 10.6 Å². The molecule has 2 N–H and O–H groups in total. The number of para-hydroxylation sites is 1. The maximum absolute atomic E-state index is 12.7. The standard InChI is InChI=1S/C22H24N4O2S/c1-3-12-26-13-11-23-22(26)29-15-20(27)25-19-10-5-4-9-18(19)21(28)24-17-8-6-7-16(2)14-17/h4-11,13-14H,3,12,15H2,1-2H3,(H,24,28)(H,25,27). The van der Waals surface area contributed by atoms with Crippen molar-refractivity contribution in [1.82, 2.24) is 9.55 Å². The number of hydrogen-bond donors (Lipinski definition) is 2. The van der Waals surface area contributed by atoms with Gasteiger partial charge in [-0.25, -0.2) is 4.98 Å². The zero-order valence-electron chi connectivity index (χ0n) is 16.5. The Morgan fingerprint density at radius 3 is 2.72 bits per heavy atom. The molecule has 0 saturated heterocycles. The van der Waals surface area contributed by atoms with Crippen LogP contribution in [0.2, 0.25) is 0 Å². The van der Waals surface area contributed by atoms with Crippen LogP contribution in [0.25, 0.3) is 0 Å². The maximum atomic E-state index is 12.7. The van der Waals surface area contributed by atoms with E-state index in [0.29, 0.717) is 11.3 Å². The summed E-state index contributed by atoms with van der Waals surface area (Å²) in [6.07, 6.45) is 4.65. The molecule has 0 radical (unpaired) electrons. The highest BCUT2D eigenvalue weighted by Gasteiger charge is 2.14. The molecule has 0 bridgehead atoms. The van der Waals surface area contributed by atoms with Crippen LogP contribution in [0, 0.1) is 6.92 Å². The smallest absolute Gasteiger partial charge is 0.257 e. The SMILES string of the molecule is CCCn1ccnc1SCC(=O)Nc1ccccc1C(=O)Nc1cccc(C)c1. The molecule has 0 unspecified atom stereocenters. The van der Waals surface area contributed by atoms with Crippen molar-refractivity contribution in [1.29, 1.82) is 0 Å². The van der Waals surface area contributed by atoms with E-state index in [4.69, 9.17) is 0 Å². The molecule has 0 aliphatic carbocycles. The van der Waals surface area contributed by atoms with Gasteiger partial charge in [-0.1, -0.05) is 43.0 Å². The molecule has 1 heterocycles. The molecule has 3 rings (SSSR count). The normalized spacial score (nSPS) is 10.6. The van der Waals surface area contributed by atoms with Gasteiger partial charge in [-0.15, -0.1) is 0 Å². The summed E-state index contributed by atoms with van der Waals surface area (Å²) in [6, 6.07) is 14.6. The minimum atomic E-state index is -0.266. The van der Waals surface area contributed by atoms with Crippen LogP contribution in [0.3, 0.4) is 0 Å². The lowest BCUT2D eigenvalue weighted by atomic mass is 10.1. The fourth-order valence-electron chi connectivity index (χ4n) is 2.87. The van der Waals surface area contributed by atoms with Gasteiger partial charge in [0.15, 0.2) is 5.16 Å². The van der Waals surface area contributed by atoms with Crippen molar-refractivity contribution in [3.8, 4) is 0 Å². The van der Waals surface area contributed by atoms with Gasteiger partial charge in [0, 0.05) is 24.6 Å². The van der Waals surface area contributed by atoms with Crippen LogP contribution in [0.1, 0.15) is 29.3 Å². The molecule has 2 aromatic carbocycles. The summed E-state index contributed by atoms with van der Waals surface area (Å²) in [7, 11) is 0. The molecule has 3 aromatic rings. The first kappa shape index (κ1) is 20.7. The largest absolute Gasteiger partial charge is 0.326 e. The quantitative estimate of drug-likeness (QED) is 0.535. The highest BCUT2D eigenvalue weighted by atomic mass is 32.2. The number of anilines is 2. The van der Waals surface area contributed by atoms with Crippen molar-refractivity contribution in [2.75, 3.05) is 16.4 Å². The first-order valence-electron chi connectivity index (χ1n) is 9.47. The Labute approximate surface area is 174 Å². The van der Waals surface area contributed by atoms with Crippen LogP contribution >= 0.6 is 11.8 Å². The average Bonchev–Trinajstić information content (AvgIpc) is 3.14. The van der Waals surface area contributed by atoms with Crippen molar-refractivity contribution in [3.05, 3.63) is 72.1 Å². The summed E-state index contributed by atoms with van der Waals surface area (Å²) in [4.78, 5) is 29.5. The summed E-state index contributed by atoms with van der Waals surface area (Å²) >= 11 is 1.38. The zero-order chi connectivity index (χ0) is 20.6. The molecule has 0 saturated carbocycles. The zero-order valence-corrected chi connectivity index (χ0v) is 17.3. The highest BCUT2D eigenvalue weighted by molar-refractivity contribution is 7.99. The van der Waals surface area contributed by atoms with E-state index < -0.39 is 0 Å². The van der Waals surface area contributed by atoms with E-state index in [2.05, 4.69) is 22.5 Å². The Balaban J connectivity index is 1.64.